The fourth-order valence-corrected chi connectivity index (χ4v) is 7.34. The molecule has 0 aromatic heterocycles. The van der Waals surface area contributed by atoms with E-state index in [0.717, 1.165) is 45.9 Å². The minimum absolute atomic E-state index is 0.124. The minimum Gasteiger partial charge on any atom is -0.408 e. The number of fused-ring (bicyclic) bond motifs is 2. The van der Waals surface area contributed by atoms with Crippen LogP contribution in [0, 0.1) is 44.4 Å². The summed E-state index contributed by atoms with van der Waals surface area (Å²) in [5, 5.41) is 0. The normalized spacial score (nSPS) is 23.0. The Kier molecular flexibility index (Phi) is 6.83. The predicted molar refractivity (Wildman–Crippen MR) is 153 cm³/mol. The Bertz CT molecular complexity index is 1250. The van der Waals surface area contributed by atoms with Gasteiger partial charge in [0.05, 0.1) is 0 Å². The maximum Gasteiger partial charge on any atom is 0.530 e. The van der Waals surface area contributed by atoms with Crippen molar-refractivity contribution in [1.82, 2.24) is 0 Å². The molecule has 5 heteroatoms. The van der Waals surface area contributed by atoms with Crippen molar-refractivity contribution in [2.75, 3.05) is 0 Å². The van der Waals surface area contributed by atoms with E-state index in [1.807, 2.05) is 88.4 Å². The Morgan fingerprint density at radius 1 is 0.730 bits per heavy atom. The molecule has 2 fully saturated rings. The van der Waals surface area contributed by atoms with Crippen molar-refractivity contribution in [1.29, 1.82) is 0 Å². The zero-order valence-electron chi connectivity index (χ0n) is 23.1. The van der Waals surface area contributed by atoms with Crippen LogP contribution in [-0.2, 0) is 0 Å². The third-order valence-corrected chi connectivity index (χ3v) is 9.96. The van der Waals surface area contributed by atoms with Crippen molar-refractivity contribution >= 4 is 20.0 Å². The average molecular weight is 516 g/mol. The molecule has 0 radical (unpaired) electrons. The standard InChI is InChI=1S/C32H38NO3P/c1-21-12-10-13-22(2)29(21)35-37(36-30-23(3)14-11-15-24(30)4)34-27-17-9-8-16-26(27)33-28-20-25-18-19-32(28,7)31(25,5)6/h8-17,25H,18-20H2,1-7H3/t25-,32+/m1/s1. The number of hydrogen-bond donors (Lipinski definition) is 0. The van der Waals surface area contributed by atoms with Crippen LogP contribution in [-0.4, -0.2) is 5.71 Å². The zero-order valence-corrected chi connectivity index (χ0v) is 24.0. The van der Waals surface area contributed by atoms with Crippen LogP contribution in [0.5, 0.6) is 17.2 Å². The van der Waals surface area contributed by atoms with Crippen LogP contribution in [0.3, 0.4) is 0 Å². The van der Waals surface area contributed by atoms with Crippen molar-refractivity contribution < 1.29 is 13.6 Å². The molecule has 3 aromatic carbocycles. The van der Waals surface area contributed by atoms with Gasteiger partial charge in [0.15, 0.2) is 5.75 Å². The molecule has 4 nitrogen and oxygen atoms in total. The number of rotatable bonds is 7. The second kappa shape index (κ2) is 9.80. The van der Waals surface area contributed by atoms with Gasteiger partial charge in [0, 0.05) is 11.1 Å². The number of para-hydroxylation sites is 4. The van der Waals surface area contributed by atoms with Crippen LogP contribution in [0.2, 0.25) is 0 Å². The summed E-state index contributed by atoms with van der Waals surface area (Å²) in [5.41, 5.74) is 6.72. The van der Waals surface area contributed by atoms with E-state index in [9.17, 15) is 0 Å². The third-order valence-electron chi connectivity index (χ3n) is 8.95. The molecule has 0 N–H and O–H groups in total. The van der Waals surface area contributed by atoms with Gasteiger partial charge in [0.2, 0.25) is 0 Å². The van der Waals surface area contributed by atoms with Gasteiger partial charge in [0.25, 0.3) is 0 Å². The van der Waals surface area contributed by atoms with Gasteiger partial charge in [-0.3, -0.25) is 4.99 Å². The highest BCUT2D eigenvalue weighted by atomic mass is 31.2. The molecule has 0 aliphatic heterocycles. The molecule has 2 atom stereocenters. The first kappa shape index (κ1) is 25.8. The Hall–Kier alpha value is -2.84. The molecule has 194 valence electrons. The number of nitrogens with zero attached hydrogens (tertiary/aromatic N) is 1. The lowest BCUT2D eigenvalue weighted by Crippen LogP contribution is -2.32. The lowest BCUT2D eigenvalue weighted by atomic mass is 9.70. The molecule has 0 amide bonds. The molecule has 2 bridgehead atoms. The van der Waals surface area contributed by atoms with E-state index in [1.54, 1.807) is 0 Å². The molecule has 0 heterocycles. The SMILES string of the molecule is Cc1cccc(C)c1OP(Oc1ccccc1N=C1C[C@H]2CC[C@]1(C)C2(C)C)Oc1c(C)cccc1C. The second-order valence-electron chi connectivity index (χ2n) is 11.5. The van der Waals surface area contributed by atoms with E-state index < -0.39 is 8.60 Å². The number of benzene rings is 3. The fourth-order valence-electron chi connectivity index (χ4n) is 6.04. The van der Waals surface area contributed by atoms with E-state index in [1.165, 1.54) is 18.6 Å². The Labute approximate surface area is 223 Å². The first-order valence-electron chi connectivity index (χ1n) is 13.2. The molecule has 0 unspecified atom stereocenters. The highest BCUT2D eigenvalue weighted by Gasteiger charge is 2.59. The van der Waals surface area contributed by atoms with Crippen LogP contribution >= 0.6 is 8.60 Å². The Morgan fingerprint density at radius 2 is 1.27 bits per heavy atom. The van der Waals surface area contributed by atoms with Crippen LogP contribution in [0.15, 0.2) is 65.7 Å². The summed E-state index contributed by atoms with van der Waals surface area (Å²) in [7, 11) is -1.80. The minimum atomic E-state index is -1.80. The molecule has 37 heavy (non-hydrogen) atoms. The van der Waals surface area contributed by atoms with Gasteiger partial charge in [-0.1, -0.05) is 69.3 Å². The van der Waals surface area contributed by atoms with Gasteiger partial charge >= 0.3 is 8.60 Å². The lowest BCUT2D eigenvalue weighted by molar-refractivity contribution is 0.194. The summed E-state index contributed by atoms with van der Waals surface area (Å²) in [6, 6.07) is 20.3. The topological polar surface area (TPSA) is 40.0 Å². The van der Waals surface area contributed by atoms with E-state index in [2.05, 4.69) is 20.8 Å². The predicted octanol–water partition coefficient (Wildman–Crippen LogP) is 9.60. The van der Waals surface area contributed by atoms with Gasteiger partial charge in [-0.2, -0.15) is 0 Å². The van der Waals surface area contributed by atoms with Crippen molar-refractivity contribution in [2.24, 2.45) is 21.7 Å². The molecule has 2 aliphatic rings. The summed E-state index contributed by atoms with van der Waals surface area (Å²) in [4.78, 5) is 5.24. The lowest BCUT2D eigenvalue weighted by Gasteiger charge is -2.34. The first-order chi connectivity index (χ1) is 17.6. The molecule has 0 spiro atoms. The maximum atomic E-state index is 6.56. The Balaban J connectivity index is 1.50. The summed E-state index contributed by atoms with van der Waals surface area (Å²) in [5.74, 6) is 2.97. The largest absolute Gasteiger partial charge is 0.530 e. The first-order valence-corrected chi connectivity index (χ1v) is 14.3. The fraction of sp³-hybridized carbons (Fsp3) is 0.406. The van der Waals surface area contributed by atoms with Crippen LogP contribution in [0.25, 0.3) is 0 Å². The van der Waals surface area contributed by atoms with Crippen molar-refractivity contribution in [3.05, 3.63) is 82.9 Å². The van der Waals surface area contributed by atoms with Gasteiger partial charge in [0.1, 0.15) is 17.2 Å². The summed E-state index contributed by atoms with van der Waals surface area (Å²) in [6.07, 6.45) is 3.55. The van der Waals surface area contributed by atoms with E-state index in [4.69, 9.17) is 18.6 Å². The second-order valence-corrected chi connectivity index (χ2v) is 12.5. The number of aryl methyl sites for hydroxylation is 4. The molecule has 0 saturated heterocycles. The van der Waals surface area contributed by atoms with Crippen molar-refractivity contribution in [3.63, 3.8) is 0 Å². The summed E-state index contributed by atoms with van der Waals surface area (Å²) >= 11 is 0. The Morgan fingerprint density at radius 3 is 1.76 bits per heavy atom. The van der Waals surface area contributed by atoms with Gasteiger partial charge in [-0.25, -0.2) is 0 Å². The summed E-state index contributed by atoms with van der Waals surface area (Å²) < 4.78 is 19.5. The van der Waals surface area contributed by atoms with Crippen molar-refractivity contribution in [2.45, 2.75) is 67.7 Å². The van der Waals surface area contributed by atoms with Crippen LogP contribution < -0.4 is 13.6 Å². The third kappa shape index (κ3) is 4.66. The smallest absolute Gasteiger partial charge is 0.408 e. The highest BCUT2D eigenvalue weighted by molar-refractivity contribution is 7.43. The number of hydrogen-bond acceptors (Lipinski definition) is 4. The monoisotopic (exact) mass is 515 g/mol. The van der Waals surface area contributed by atoms with Gasteiger partial charge in [-0.05, 0) is 92.7 Å². The van der Waals surface area contributed by atoms with E-state index in [0.29, 0.717) is 11.7 Å². The van der Waals surface area contributed by atoms with Crippen molar-refractivity contribution in [3.8, 4) is 17.2 Å². The number of aliphatic imine (C=N–C) groups is 1. The quantitative estimate of drug-likeness (QED) is 0.294. The molecule has 5 rings (SSSR count). The maximum absolute atomic E-state index is 6.56. The van der Waals surface area contributed by atoms with E-state index in [-0.39, 0.29) is 10.8 Å². The van der Waals surface area contributed by atoms with Crippen LogP contribution in [0.4, 0.5) is 5.69 Å². The molecule has 3 aromatic rings. The average Bonchev–Trinajstić information content (AvgIpc) is 3.18. The van der Waals surface area contributed by atoms with Gasteiger partial charge < -0.3 is 13.6 Å². The summed E-state index contributed by atoms with van der Waals surface area (Å²) in [6.45, 7) is 15.4. The van der Waals surface area contributed by atoms with Gasteiger partial charge in [-0.15, -0.1) is 0 Å². The molecular weight excluding hydrogens is 477 g/mol. The molecule has 2 aliphatic carbocycles. The molecule has 2 saturated carbocycles. The molecular formula is C32H38NO3P. The highest BCUT2D eigenvalue weighted by Crippen LogP contribution is 2.64. The zero-order chi connectivity index (χ0) is 26.4. The van der Waals surface area contributed by atoms with Crippen LogP contribution in [0.1, 0.15) is 62.3 Å². The van der Waals surface area contributed by atoms with E-state index >= 15 is 0 Å².